The van der Waals surface area contributed by atoms with Gasteiger partial charge in [0.15, 0.2) is 3.95 Å². The first-order valence-electron chi connectivity index (χ1n) is 8.11. The van der Waals surface area contributed by atoms with E-state index in [1.807, 2.05) is 16.7 Å². The van der Waals surface area contributed by atoms with Crippen LogP contribution in [0.2, 0.25) is 0 Å². The van der Waals surface area contributed by atoms with E-state index in [9.17, 15) is 5.11 Å². The minimum absolute atomic E-state index is 0.278. The number of aromatic nitrogens is 1. The summed E-state index contributed by atoms with van der Waals surface area (Å²) in [6, 6.07) is 6.55. The lowest BCUT2D eigenvalue weighted by atomic mass is 9.95. The Hall–Kier alpha value is -1.46. The quantitative estimate of drug-likeness (QED) is 0.558. The van der Waals surface area contributed by atoms with Crippen LogP contribution in [0.15, 0.2) is 23.2 Å². The predicted octanol–water partition coefficient (Wildman–Crippen LogP) is 5.86. The Morgan fingerprint density at radius 3 is 2.48 bits per heavy atom. The molecule has 23 heavy (non-hydrogen) atoms. The molecule has 0 spiro atoms. The number of rotatable bonds is 3. The molecule has 0 amide bonds. The highest BCUT2D eigenvalue weighted by Gasteiger charge is 2.21. The van der Waals surface area contributed by atoms with Crippen molar-refractivity contribution in [2.24, 2.45) is 4.99 Å². The van der Waals surface area contributed by atoms with Gasteiger partial charge in [-0.15, -0.1) is 0 Å². The molecule has 1 N–H and O–H groups in total. The van der Waals surface area contributed by atoms with Gasteiger partial charge in [0.2, 0.25) is 5.88 Å². The summed E-state index contributed by atoms with van der Waals surface area (Å²) in [5, 5.41) is 10.6. The maximum atomic E-state index is 10.6. The van der Waals surface area contributed by atoms with Crippen molar-refractivity contribution in [3.05, 3.63) is 38.2 Å². The summed E-state index contributed by atoms with van der Waals surface area (Å²) in [4.78, 5) is 5.27. The standard InChI is InChI=1S/C18H22N2OS2/c1-12-8-13(2)10-14(9-12)19-11-16-17(21)20(18(22)23-16)15-6-4-3-5-7-15/h8-11,15,21H,3-7H2,1-2H3. The zero-order valence-corrected chi connectivity index (χ0v) is 15.2. The van der Waals surface area contributed by atoms with Crippen LogP contribution in [0, 0.1) is 17.8 Å². The van der Waals surface area contributed by atoms with E-state index in [1.165, 1.54) is 41.7 Å². The molecule has 3 rings (SSSR count). The number of nitrogens with zero attached hydrogens (tertiary/aromatic N) is 2. The van der Waals surface area contributed by atoms with Crippen molar-refractivity contribution in [3.63, 3.8) is 0 Å². The van der Waals surface area contributed by atoms with E-state index < -0.39 is 0 Å². The van der Waals surface area contributed by atoms with Gasteiger partial charge in [-0.25, -0.2) is 0 Å². The smallest absolute Gasteiger partial charge is 0.212 e. The van der Waals surface area contributed by atoms with Gasteiger partial charge in [0.25, 0.3) is 0 Å². The predicted molar refractivity (Wildman–Crippen MR) is 100 cm³/mol. The number of thiazole rings is 1. The third kappa shape index (κ3) is 3.72. The van der Waals surface area contributed by atoms with Crippen LogP contribution >= 0.6 is 23.6 Å². The van der Waals surface area contributed by atoms with Crippen molar-refractivity contribution in [2.75, 3.05) is 0 Å². The lowest BCUT2D eigenvalue weighted by Crippen LogP contribution is -2.12. The highest BCUT2D eigenvalue weighted by molar-refractivity contribution is 7.73. The molecule has 1 aromatic heterocycles. The molecule has 1 aromatic carbocycles. The van der Waals surface area contributed by atoms with Crippen LogP contribution in [-0.4, -0.2) is 15.9 Å². The average Bonchev–Trinajstić information content (AvgIpc) is 2.79. The zero-order valence-electron chi connectivity index (χ0n) is 13.6. The monoisotopic (exact) mass is 346 g/mol. The van der Waals surface area contributed by atoms with Crippen molar-refractivity contribution >= 4 is 35.5 Å². The van der Waals surface area contributed by atoms with E-state index in [0.717, 1.165) is 27.4 Å². The number of hydrogen-bond donors (Lipinski definition) is 1. The molecule has 0 radical (unpaired) electrons. The minimum Gasteiger partial charge on any atom is -0.493 e. The highest BCUT2D eigenvalue weighted by Crippen LogP contribution is 2.36. The van der Waals surface area contributed by atoms with Crippen molar-refractivity contribution in [3.8, 4) is 5.88 Å². The first kappa shape index (κ1) is 16.4. The second-order valence-corrected chi connectivity index (χ2v) is 8.00. The number of hydrogen-bond acceptors (Lipinski definition) is 4. The Kier molecular flexibility index (Phi) is 4.97. The first-order chi connectivity index (χ1) is 11.0. The fraction of sp³-hybridized carbons (Fsp3) is 0.444. The Balaban J connectivity index is 1.89. The zero-order chi connectivity index (χ0) is 16.4. The second-order valence-electron chi connectivity index (χ2n) is 6.32. The van der Waals surface area contributed by atoms with Crippen LogP contribution in [0.25, 0.3) is 0 Å². The molecule has 1 aliphatic carbocycles. The van der Waals surface area contributed by atoms with Gasteiger partial charge in [-0.3, -0.25) is 9.56 Å². The molecule has 0 atom stereocenters. The molecule has 0 saturated heterocycles. The van der Waals surface area contributed by atoms with Crippen molar-refractivity contribution < 1.29 is 5.11 Å². The summed E-state index contributed by atoms with van der Waals surface area (Å²) in [5.74, 6) is 0.278. The molecule has 3 nitrogen and oxygen atoms in total. The lowest BCUT2D eigenvalue weighted by Gasteiger charge is -2.23. The van der Waals surface area contributed by atoms with Gasteiger partial charge in [0.05, 0.1) is 11.9 Å². The van der Waals surface area contributed by atoms with Crippen LogP contribution < -0.4 is 0 Å². The Bertz CT molecular complexity index is 763. The molecule has 0 bridgehead atoms. The fourth-order valence-electron chi connectivity index (χ4n) is 3.30. The van der Waals surface area contributed by atoms with E-state index in [1.54, 1.807) is 6.21 Å². The van der Waals surface area contributed by atoms with Gasteiger partial charge < -0.3 is 5.11 Å². The van der Waals surface area contributed by atoms with Crippen molar-refractivity contribution in [2.45, 2.75) is 52.0 Å². The summed E-state index contributed by atoms with van der Waals surface area (Å²) in [6.07, 6.45) is 7.67. The van der Waals surface area contributed by atoms with Crippen LogP contribution in [0.3, 0.4) is 0 Å². The normalized spacial score (nSPS) is 16.3. The summed E-state index contributed by atoms with van der Waals surface area (Å²) in [7, 11) is 0. The number of aryl methyl sites for hydroxylation is 2. The highest BCUT2D eigenvalue weighted by atomic mass is 32.1. The second kappa shape index (κ2) is 6.97. The molecule has 1 aliphatic rings. The van der Waals surface area contributed by atoms with E-state index >= 15 is 0 Å². The summed E-state index contributed by atoms with van der Waals surface area (Å²) in [6.45, 7) is 4.13. The topological polar surface area (TPSA) is 37.5 Å². The minimum atomic E-state index is 0.278. The molecule has 1 saturated carbocycles. The number of aromatic hydroxyl groups is 1. The molecule has 5 heteroatoms. The molecule has 1 fully saturated rings. The third-order valence-corrected chi connectivity index (χ3v) is 5.65. The van der Waals surface area contributed by atoms with Gasteiger partial charge >= 0.3 is 0 Å². The summed E-state index contributed by atoms with van der Waals surface area (Å²) >= 11 is 6.91. The summed E-state index contributed by atoms with van der Waals surface area (Å²) < 4.78 is 2.68. The Morgan fingerprint density at radius 1 is 1.17 bits per heavy atom. The van der Waals surface area contributed by atoms with Gasteiger partial charge in [-0.1, -0.05) is 36.7 Å². The lowest BCUT2D eigenvalue weighted by molar-refractivity contribution is 0.312. The molecule has 0 aliphatic heterocycles. The van der Waals surface area contributed by atoms with Crippen LogP contribution in [0.5, 0.6) is 5.88 Å². The SMILES string of the molecule is Cc1cc(C)cc(N=Cc2sc(=S)n(C3CCCCC3)c2O)c1. The molecule has 2 aromatic rings. The molecule has 0 unspecified atom stereocenters. The molecule has 122 valence electrons. The Morgan fingerprint density at radius 2 is 1.83 bits per heavy atom. The van der Waals surface area contributed by atoms with Crippen LogP contribution in [-0.2, 0) is 0 Å². The average molecular weight is 347 g/mol. The largest absolute Gasteiger partial charge is 0.493 e. The molecule has 1 heterocycles. The van der Waals surface area contributed by atoms with E-state index in [0.29, 0.717) is 6.04 Å². The van der Waals surface area contributed by atoms with E-state index in [-0.39, 0.29) is 5.88 Å². The van der Waals surface area contributed by atoms with E-state index in [4.69, 9.17) is 12.2 Å². The molecular weight excluding hydrogens is 324 g/mol. The molecular formula is C18H22N2OS2. The third-order valence-electron chi connectivity index (χ3n) is 4.32. The maximum absolute atomic E-state index is 10.6. The Labute approximate surface area is 146 Å². The first-order valence-corrected chi connectivity index (χ1v) is 9.34. The van der Waals surface area contributed by atoms with Gasteiger partial charge in [-0.05, 0) is 62.2 Å². The van der Waals surface area contributed by atoms with Crippen molar-refractivity contribution in [1.82, 2.24) is 4.57 Å². The van der Waals surface area contributed by atoms with Gasteiger partial charge in [-0.2, -0.15) is 0 Å². The summed E-state index contributed by atoms with van der Waals surface area (Å²) in [5.41, 5.74) is 3.29. The van der Waals surface area contributed by atoms with Crippen LogP contribution in [0.4, 0.5) is 5.69 Å². The number of aliphatic imine (C=N–C) groups is 1. The number of benzene rings is 1. The fourth-order valence-corrected chi connectivity index (χ4v) is 4.62. The van der Waals surface area contributed by atoms with E-state index in [2.05, 4.69) is 24.9 Å². The van der Waals surface area contributed by atoms with Gasteiger partial charge in [0, 0.05) is 6.04 Å². The van der Waals surface area contributed by atoms with Crippen molar-refractivity contribution in [1.29, 1.82) is 0 Å². The van der Waals surface area contributed by atoms with Gasteiger partial charge in [0.1, 0.15) is 4.88 Å². The maximum Gasteiger partial charge on any atom is 0.212 e. The van der Waals surface area contributed by atoms with Crippen LogP contribution in [0.1, 0.15) is 54.1 Å².